The number of amides is 2. The summed E-state index contributed by atoms with van der Waals surface area (Å²) >= 11 is 0. The molecule has 1 unspecified atom stereocenters. The van der Waals surface area contributed by atoms with E-state index in [0.717, 1.165) is 11.1 Å². The third kappa shape index (κ3) is 2.99. The van der Waals surface area contributed by atoms with Gasteiger partial charge in [-0.25, -0.2) is 0 Å². The molecule has 2 aromatic carbocycles. The first-order valence-electron chi connectivity index (χ1n) is 9.17. The van der Waals surface area contributed by atoms with Gasteiger partial charge in [0.1, 0.15) is 6.04 Å². The Morgan fingerprint density at radius 3 is 2.59 bits per heavy atom. The van der Waals surface area contributed by atoms with Crippen LogP contribution >= 0.6 is 0 Å². The number of hydrogen-bond donors (Lipinski definition) is 0. The number of hydrogen-bond acceptors (Lipinski definition) is 2. The summed E-state index contributed by atoms with van der Waals surface area (Å²) in [5.74, 6) is -0.105. The van der Waals surface area contributed by atoms with E-state index in [0.29, 0.717) is 18.7 Å². The van der Waals surface area contributed by atoms with Crippen LogP contribution in [0.5, 0.6) is 0 Å². The van der Waals surface area contributed by atoms with Gasteiger partial charge in [-0.3, -0.25) is 9.59 Å². The highest BCUT2D eigenvalue weighted by Gasteiger charge is 2.32. The van der Waals surface area contributed by atoms with Crippen LogP contribution in [0.25, 0.3) is 22.0 Å². The number of carbonyl (C=O) groups is 2. The molecule has 2 amide bonds. The van der Waals surface area contributed by atoms with E-state index in [-0.39, 0.29) is 11.8 Å². The van der Waals surface area contributed by atoms with Crippen molar-refractivity contribution in [3.05, 3.63) is 60.3 Å². The highest BCUT2D eigenvalue weighted by Crippen LogP contribution is 2.26. The minimum Gasteiger partial charge on any atom is -0.351 e. The van der Waals surface area contributed by atoms with Crippen molar-refractivity contribution in [1.82, 2.24) is 14.4 Å². The number of aromatic nitrogens is 1. The van der Waals surface area contributed by atoms with Gasteiger partial charge in [0, 0.05) is 49.8 Å². The normalized spacial score (nSPS) is 17.6. The minimum atomic E-state index is -0.430. The molecule has 0 radical (unpaired) electrons. The van der Waals surface area contributed by atoms with Crippen molar-refractivity contribution in [3.63, 3.8) is 0 Å². The lowest BCUT2D eigenvalue weighted by Gasteiger charge is -2.37. The zero-order valence-electron chi connectivity index (χ0n) is 15.8. The number of piperazine rings is 1. The van der Waals surface area contributed by atoms with Crippen LogP contribution in [0.15, 0.2) is 54.7 Å². The van der Waals surface area contributed by atoms with Crippen LogP contribution in [0, 0.1) is 0 Å². The Morgan fingerprint density at radius 2 is 1.78 bits per heavy atom. The Morgan fingerprint density at radius 1 is 1.00 bits per heavy atom. The number of nitrogens with zero attached hydrogens (tertiary/aromatic N) is 3. The average Bonchev–Trinajstić information content (AvgIpc) is 3.06. The van der Waals surface area contributed by atoms with E-state index >= 15 is 0 Å². The van der Waals surface area contributed by atoms with Crippen molar-refractivity contribution >= 4 is 22.7 Å². The first-order chi connectivity index (χ1) is 13.0. The molecule has 0 spiro atoms. The zero-order chi connectivity index (χ0) is 19.1. The molecule has 1 fully saturated rings. The van der Waals surface area contributed by atoms with Crippen LogP contribution < -0.4 is 0 Å². The molecular formula is C22H23N3O2. The molecule has 1 aliphatic heterocycles. The number of rotatable bonds is 2. The molecular weight excluding hydrogens is 338 g/mol. The molecule has 0 aliphatic carbocycles. The third-order valence-electron chi connectivity index (χ3n) is 5.47. The van der Waals surface area contributed by atoms with Crippen molar-refractivity contribution in [1.29, 1.82) is 0 Å². The molecule has 2 heterocycles. The summed E-state index contributed by atoms with van der Waals surface area (Å²) in [6.07, 6.45) is 2.04. The van der Waals surface area contributed by atoms with Crippen molar-refractivity contribution in [2.45, 2.75) is 13.0 Å². The molecule has 1 aliphatic rings. The number of aryl methyl sites for hydroxylation is 1. The first kappa shape index (κ1) is 17.3. The van der Waals surface area contributed by atoms with Gasteiger partial charge in [-0.05, 0) is 48.4 Å². The lowest BCUT2D eigenvalue weighted by molar-refractivity contribution is -0.137. The molecule has 1 aromatic heterocycles. The second kappa shape index (κ2) is 6.58. The lowest BCUT2D eigenvalue weighted by Crippen LogP contribution is -2.56. The number of likely N-dealkylation sites (N-methyl/N-ethyl adjacent to an activating group) is 1. The summed E-state index contributed by atoms with van der Waals surface area (Å²) in [4.78, 5) is 28.6. The van der Waals surface area contributed by atoms with Crippen LogP contribution in [0.2, 0.25) is 0 Å². The first-order valence-corrected chi connectivity index (χ1v) is 9.17. The van der Waals surface area contributed by atoms with E-state index in [9.17, 15) is 9.59 Å². The summed E-state index contributed by atoms with van der Waals surface area (Å²) in [7, 11) is 3.81. The fourth-order valence-electron chi connectivity index (χ4n) is 3.75. The predicted molar refractivity (Wildman–Crippen MR) is 106 cm³/mol. The van der Waals surface area contributed by atoms with E-state index in [4.69, 9.17) is 0 Å². The second-order valence-corrected chi connectivity index (χ2v) is 7.22. The van der Waals surface area contributed by atoms with Crippen LogP contribution in [-0.4, -0.2) is 52.4 Å². The summed E-state index contributed by atoms with van der Waals surface area (Å²) in [6, 6.07) is 15.6. The smallest absolute Gasteiger partial charge is 0.254 e. The van der Waals surface area contributed by atoms with Crippen molar-refractivity contribution in [2.75, 3.05) is 20.1 Å². The topological polar surface area (TPSA) is 45.6 Å². The van der Waals surface area contributed by atoms with Crippen molar-refractivity contribution < 1.29 is 9.59 Å². The number of benzene rings is 2. The van der Waals surface area contributed by atoms with E-state index in [1.165, 1.54) is 10.9 Å². The Hall–Kier alpha value is -3.08. The number of fused-ring (bicyclic) bond motifs is 1. The van der Waals surface area contributed by atoms with Gasteiger partial charge in [0.05, 0.1) is 0 Å². The van der Waals surface area contributed by atoms with Crippen molar-refractivity contribution in [3.8, 4) is 11.1 Å². The van der Waals surface area contributed by atoms with Gasteiger partial charge in [-0.2, -0.15) is 0 Å². The molecule has 5 nitrogen and oxygen atoms in total. The predicted octanol–water partition coefficient (Wildman–Crippen LogP) is 3.15. The summed E-state index contributed by atoms with van der Waals surface area (Å²) in [6.45, 7) is 2.92. The Kier molecular flexibility index (Phi) is 4.22. The maximum atomic E-state index is 13.0. The standard InChI is InChI=1S/C22H23N3O2/c1-15-21(26)24(3)11-12-25(15)22(27)19-6-4-5-16(14-19)17-7-8-20-18(13-17)9-10-23(20)2/h4-10,13-15H,11-12H2,1-3H3. The van der Waals surface area contributed by atoms with Gasteiger partial charge >= 0.3 is 0 Å². The van der Waals surface area contributed by atoms with Gasteiger partial charge < -0.3 is 14.4 Å². The van der Waals surface area contributed by atoms with Crippen LogP contribution in [0.4, 0.5) is 0 Å². The monoisotopic (exact) mass is 361 g/mol. The molecule has 27 heavy (non-hydrogen) atoms. The van der Waals surface area contributed by atoms with E-state index in [2.05, 4.69) is 28.8 Å². The van der Waals surface area contributed by atoms with Gasteiger partial charge in [0.2, 0.25) is 5.91 Å². The molecule has 0 saturated carbocycles. The van der Waals surface area contributed by atoms with E-state index in [1.807, 2.05) is 37.5 Å². The molecule has 0 bridgehead atoms. The Balaban J connectivity index is 1.65. The molecule has 1 saturated heterocycles. The highest BCUT2D eigenvalue weighted by molar-refractivity contribution is 5.99. The molecule has 4 rings (SSSR count). The van der Waals surface area contributed by atoms with Gasteiger partial charge in [0.25, 0.3) is 5.91 Å². The van der Waals surface area contributed by atoms with Crippen LogP contribution in [0.1, 0.15) is 17.3 Å². The molecule has 0 N–H and O–H groups in total. The van der Waals surface area contributed by atoms with E-state index < -0.39 is 6.04 Å². The van der Waals surface area contributed by atoms with Crippen molar-refractivity contribution in [2.24, 2.45) is 7.05 Å². The van der Waals surface area contributed by atoms with Gasteiger partial charge in [-0.15, -0.1) is 0 Å². The summed E-state index contributed by atoms with van der Waals surface area (Å²) in [5, 5.41) is 1.17. The highest BCUT2D eigenvalue weighted by atomic mass is 16.2. The Labute approximate surface area is 158 Å². The van der Waals surface area contributed by atoms with E-state index in [1.54, 1.807) is 23.8 Å². The van der Waals surface area contributed by atoms with Gasteiger partial charge in [0.15, 0.2) is 0 Å². The van der Waals surface area contributed by atoms with Crippen LogP contribution in [-0.2, 0) is 11.8 Å². The third-order valence-corrected chi connectivity index (χ3v) is 5.47. The molecule has 5 heteroatoms. The summed E-state index contributed by atoms with van der Waals surface area (Å²) in [5.41, 5.74) is 3.87. The molecule has 1 atom stereocenters. The second-order valence-electron chi connectivity index (χ2n) is 7.22. The maximum absolute atomic E-state index is 13.0. The summed E-state index contributed by atoms with van der Waals surface area (Å²) < 4.78 is 2.09. The Bertz CT molecular complexity index is 1040. The quantitative estimate of drug-likeness (QED) is 0.704. The van der Waals surface area contributed by atoms with Crippen LogP contribution in [0.3, 0.4) is 0 Å². The fraction of sp³-hybridized carbons (Fsp3) is 0.273. The zero-order valence-corrected chi connectivity index (χ0v) is 15.8. The lowest BCUT2D eigenvalue weighted by atomic mass is 10.0. The van der Waals surface area contributed by atoms with Gasteiger partial charge in [-0.1, -0.05) is 18.2 Å². The molecule has 138 valence electrons. The minimum absolute atomic E-state index is 0.0136. The average molecular weight is 361 g/mol. The number of carbonyl (C=O) groups excluding carboxylic acids is 2. The maximum Gasteiger partial charge on any atom is 0.254 e. The molecule has 3 aromatic rings. The SMILES string of the molecule is CC1C(=O)N(C)CCN1C(=O)c1cccc(-c2ccc3c(ccn3C)c2)c1. The fourth-order valence-corrected chi connectivity index (χ4v) is 3.75. The largest absolute Gasteiger partial charge is 0.351 e.